The molecule has 14 unspecified atom stereocenters. The van der Waals surface area contributed by atoms with Gasteiger partial charge in [0.15, 0.2) is 23.1 Å². The van der Waals surface area contributed by atoms with Crippen molar-refractivity contribution in [3.05, 3.63) is 0 Å². The Morgan fingerprint density at radius 1 is 0.221 bits per heavy atom. The fourth-order valence-electron chi connectivity index (χ4n) is 49.7. The molecule has 0 aromatic rings. The molecule has 4 aliphatic heterocycles. The summed E-state index contributed by atoms with van der Waals surface area (Å²) in [6.45, 7) is 15.1. The molecule has 44 fully saturated rings. The van der Waals surface area contributed by atoms with Crippen LogP contribution in [0, 0.1) is 249 Å². The summed E-state index contributed by atoms with van der Waals surface area (Å²) in [4.78, 5) is 107. The highest BCUT2D eigenvalue weighted by atomic mass is 16.8. The van der Waals surface area contributed by atoms with Crippen molar-refractivity contribution in [3.63, 3.8) is 0 Å². The van der Waals surface area contributed by atoms with Gasteiger partial charge in [-0.05, 0) is 475 Å². The van der Waals surface area contributed by atoms with Crippen molar-refractivity contribution in [2.75, 3.05) is 79.3 Å². The van der Waals surface area contributed by atoms with Gasteiger partial charge in [0.1, 0.15) is 50.2 Å². The molecule has 4 saturated heterocycles. The van der Waals surface area contributed by atoms with Crippen molar-refractivity contribution < 1.29 is 105 Å². The first kappa shape index (κ1) is 98.0. The fraction of sp³-hybridized carbons (Fsp3) is 0.937. The van der Waals surface area contributed by atoms with Crippen LogP contribution in [0.3, 0.4) is 0 Å². The summed E-state index contributed by atoms with van der Waals surface area (Å²) < 4.78 is 91.2. The van der Waals surface area contributed by atoms with E-state index in [9.17, 15) is 38.4 Å². The minimum absolute atomic E-state index is 0.00576. The Balaban J connectivity index is 0.0000000909. The van der Waals surface area contributed by atoms with Crippen molar-refractivity contribution in [2.45, 2.75) is 410 Å². The van der Waals surface area contributed by atoms with E-state index < -0.39 is 34.6 Å². The molecule has 0 amide bonds. The SMILES string of the molecule is CC12CC3CC(C1)C1(OC(COC(=O)C45CC6CC(CC(C6)C4)C5)C(COC(=O)C45CC6CC(C4)C(=O)C(C6)C5)O1)C(C3)C2.CC12CC3CC(C1)C1(OCC(COC(=O)C45CC6CC(C4)C(=O)C(C6)C5)CO1)C(C3)C2.CC12CC3CC(C1)C1(OCC(COC(=O)C45CC6CC(CC(C6)C4)C5)(COC(=O)C45CC6CC(CC(C6)C4)C5)CO1)C(C3)C2.CC12CC3CC(C1)C1(OCC(COC(=O)C45CC6CC(CC(C6)C4)C5)CO1)C(C3)C2. The van der Waals surface area contributed by atoms with Gasteiger partial charge >= 0.3 is 35.8 Å². The zero-order valence-electron chi connectivity index (χ0n) is 90.8. The number of rotatable bonds is 18. The van der Waals surface area contributed by atoms with Gasteiger partial charge in [-0.25, -0.2) is 0 Å². The van der Waals surface area contributed by atoms with Gasteiger partial charge in [0.2, 0.25) is 0 Å². The molecule has 0 N–H and O–H groups in total. The predicted octanol–water partition coefficient (Wildman–Crippen LogP) is 22.2. The van der Waals surface area contributed by atoms with Crippen molar-refractivity contribution in [1.82, 2.24) is 0 Å². The summed E-state index contributed by atoms with van der Waals surface area (Å²) in [7, 11) is 0. The lowest BCUT2D eigenvalue weighted by atomic mass is 9.47. The molecule has 22 nitrogen and oxygen atoms in total. The molecule has 0 aromatic carbocycles. The highest BCUT2D eigenvalue weighted by molar-refractivity contribution is 5.91. The van der Waals surface area contributed by atoms with E-state index in [1.54, 1.807) is 0 Å². The van der Waals surface area contributed by atoms with Crippen molar-refractivity contribution in [3.8, 4) is 0 Å². The molecule has 44 aliphatic rings. The third kappa shape index (κ3) is 16.0. The Hall–Kier alpha value is -4.16. The highest BCUT2D eigenvalue weighted by Gasteiger charge is 2.74. The first-order valence-electron chi connectivity index (χ1n) is 62.9. The van der Waals surface area contributed by atoms with Gasteiger partial charge in [-0.3, -0.25) is 38.4 Å². The molecule has 0 radical (unpaired) electrons. The topological polar surface area (TPSA) is 266 Å². The van der Waals surface area contributed by atoms with Gasteiger partial charge in [-0.15, -0.1) is 0 Å². The minimum Gasteiger partial charge on any atom is -0.465 e. The van der Waals surface area contributed by atoms with Crippen LogP contribution in [0.5, 0.6) is 0 Å². The third-order valence-electron chi connectivity index (χ3n) is 52.4. The van der Waals surface area contributed by atoms with E-state index in [0.717, 1.165) is 196 Å². The second-order valence-electron chi connectivity index (χ2n) is 64.3. The lowest BCUT2D eigenvalue weighted by molar-refractivity contribution is -0.392. The summed E-state index contributed by atoms with van der Waals surface area (Å²) >= 11 is 0. The molecule has 14 atom stereocenters. The zero-order chi connectivity index (χ0) is 100. The molecule has 0 aromatic heterocycles. The van der Waals surface area contributed by atoms with E-state index in [0.29, 0.717) is 211 Å². The summed E-state index contributed by atoms with van der Waals surface area (Å²) in [6, 6.07) is 0. The number of Topliss-reactive ketones (excluding diaryl/α,β-unsaturated/α-hetero) is 2. The average Bonchev–Trinajstić information content (AvgIpc) is 1.43. The van der Waals surface area contributed by atoms with Crippen LogP contribution in [-0.2, 0) is 105 Å². The summed E-state index contributed by atoms with van der Waals surface area (Å²) in [5.74, 6) is 16.2. The van der Waals surface area contributed by atoms with Gasteiger partial charge in [0.25, 0.3) is 0 Å². The number of hydrogen-bond acceptors (Lipinski definition) is 22. The first-order chi connectivity index (χ1) is 71.6. The normalized spacial score (nSPS) is 57.1. The summed E-state index contributed by atoms with van der Waals surface area (Å²) in [5, 5.41) is 0. The second kappa shape index (κ2) is 34.5. The molecular weight excluding hydrogens is 1880 g/mol. The van der Waals surface area contributed by atoms with Gasteiger partial charge < -0.3 is 66.3 Å². The number of ether oxygens (including phenoxy) is 14. The van der Waals surface area contributed by atoms with Crippen LogP contribution in [0.15, 0.2) is 0 Å². The molecule has 44 rings (SSSR count). The maximum atomic E-state index is 14.0. The fourth-order valence-corrected chi connectivity index (χ4v) is 49.7. The van der Waals surface area contributed by atoms with Crippen molar-refractivity contribution in [2.24, 2.45) is 249 Å². The van der Waals surface area contributed by atoms with Crippen LogP contribution in [0.25, 0.3) is 0 Å². The van der Waals surface area contributed by atoms with Crippen LogP contribution < -0.4 is 0 Å². The molecule has 149 heavy (non-hydrogen) atoms. The third-order valence-corrected chi connectivity index (χ3v) is 52.4. The highest BCUT2D eigenvalue weighted by Crippen LogP contribution is 2.75. The van der Waals surface area contributed by atoms with Crippen molar-refractivity contribution >= 4 is 47.4 Å². The molecule has 4 spiro atoms. The Morgan fingerprint density at radius 3 is 0.651 bits per heavy atom. The van der Waals surface area contributed by atoms with Crippen LogP contribution in [0.2, 0.25) is 0 Å². The Morgan fingerprint density at radius 2 is 0.416 bits per heavy atom. The average molecular weight is 2060 g/mol. The van der Waals surface area contributed by atoms with Crippen LogP contribution >= 0.6 is 0 Å². The lowest BCUT2D eigenvalue weighted by Crippen LogP contribution is -2.67. The molecule has 40 bridgehead atoms. The molecule has 22 heteroatoms. The van der Waals surface area contributed by atoms with E-state index in [-0.39, 0.29) is 136 Å². The number of carbonyl (C=O) groups excluding carboxylic acids is 8. The molecule has 40 aliphatic carbocycles. The number of ketones is 2. The first-order valence-corrected chi connectivity index (χ1v) is 62.9. The second-order valence-corrected chi connectivity index (χ2v) is 64.3. The largest absolute Gasteiger partial charge is 0.465 e. The number of carbonyl (C=O) groups is 8. The molecule has 818 valence electrons. The van der Waals surface area contributed by atoms with E-state index >= 15 is 0 Å². The smallest absolute Gasteiger partial charge is 0.312 e. The Bertz CT molecular complexity index is 5010. The van der Waals surface area contributed by atoms with E-state index in [1.165, 1.54) is 180 Å². The standard InChI is InChI=1S/C38H54O6.C37H50O7.C26H36O5.C26H38O4/c1-34-10-29-8-30(17-34)38(31(9-29)18-34)43-21-35(22-44-38,19-41-32(39)36-11-23-2-24(12-36)4-25(3-23)13-36)20-42-33(40)37-14-26-5-27(15-37)7-28(6-26)16-37;1-34-9-24-7-27(16-34)37(28(8-24)17-34)43-29(18-41-32(39)35-10-20-2-21(11-35)4-22(3-20)12-35)30(44-37)19-42-33(40)36-13-23-5-25(14-36)31(38)26(6-23)15-36;1-24-6-16-4-20(10-24)26(21(5-16)11-24)30-13-17(14-31-26)12-29-23(28)25-7-15-2-18(8-25)22(27)19(3-15)9-25;1-24-7-19-5-21(11-24)26(22(6-19)12-24)29-14-20(15-30-26)13-28-23(27)25-8-16-2-17(9-25)4-18(3-16)10-25/h23-31H,2-22H2,1H3;20-30H,2-19H2,1H3;15-21H,2-14H2,1H3;16-22H,2-15H2,1H3. The molecular formula is C127H178O22. The van der Waals surface area contributed by atoms with Gasteiger partial charge in [-0.1, -0.05) is 27.7 Å². The van der Waals surface area contributed by atoms with Crippen LogP contribution in [-0.4, -0.2) is 162 Å². The van der Waals surface area contributed by atoms with E-state index in [1.807, 2.05) is 0 Å². The minimum atomic E-state index is -0.654. The molecule has 40 saturated carbocycles. The summed E-state index contributed by atoms with van der Waals surface area (Å²) in [5.41, 5.74) is -0.749. The van der Waals surface area contributed by atoms with Crippen LogP contribution in [0.1, 0.15) is 374 Å². The van der Waals surface area contributed by atoms with E-state index in [4.69, 9.17) is 66.3 Å². The quantitative estimate of drug-likeness (QED) is 0.0911. The van der Waals surface area contributed by atoms with Crippen molar-refractivity contribution in [1.29, 1.82) is 0 Å². The number of esters is 6. The monoisotopic (exact) mass is 2060 g/mol. The summed E-state index contributed by atoms with van der Waals surface area (Å²) in [6.07, 6.45) is 60.6. The predicted molar refractivity (Wildman–Crippen MR) is 543 cm³/mol. The molecule has 4 heterocycles. The lowest BCUT2D eigenvalue weighted by Gasteiger charge is -2.65. The Kier molecular flexibility index (Phi) is 22.7. The maximum absolute atomic E-state index is 14.0. The van der Waals surface area contributed by atoms with Gasteiger partial charge in [0.05, 0.1) is 90.8 Å². The van der Waals surface area contributed by atoms with Gasteiger partial charge in [0, 0.05) is 82.9 Å². The zero-order valence-corrected chi connectivity index (χ0v) is 90.8. The van der Waals surface area contributed by atoms with Gasteiger partial charge in [-0.2, -0.15) is 0 Å². The number of hydrogen-bond donors (Lipinski definition) is 0. The van der Waals surface area contributed by atoms with Crippen LogP contribution in [0.4, 0.5) is 0 Å². The maximum Gasteiger partial charge on any atom is 0.312 e. The Labute approximate surface area is 884 Å². The van der Waals surface area contributed by atoms with E-state index in [2.05, 4.69) is 27.7 Å².